The van der Waals surface area contributed by atoms with Crippen molar-refractivity contribution in [2.75, 3.05) is 0 Å². The summed E-state index contributed by atoms with van der Waals surface area (Å²) in [7, 11) is 0. The summed E-state index contributed by atoms with van der Waals surface area (Å²) in [6, 6.07) is 64.5. The second kappa shape index (κ2) is 11.1. The molecule has 0 saturated heterocycles. The Morgan fingerprint density at radius 1 is 0.385 bits per heavy atom. The van der Waals surface area contributed by atoms with E-state index in [1.54, 1.807) is 0 Å². The van der Waals surface area contributed by atoms with E-state index in [2.05, 4.69) is 146 Å². The molecule has 242 valence electrons. The minimum Gasteiger partial charge on any atom is -0.459 e. The van der Waals surface area contributed by atoms with Crippen LogP contribution >= 0.6 is 0 Å². The van der Waals surface area contributed by atoms with Crippen LogP contribution in [0.3, 0.4) is 0 Å². The summed E-state index contributed by atoms with van der Waals surface area (Å²) in [6.45, 7) is 0. The molecule has 0 N–H and O–H groups in total. The fraction of sp³-hybridized carbons (Fsp3) is 0.0204. The molecule has 3 heteroatoms. The first kappa shape index (κ1) is 28.9. The number of furan rings is 1. The second-order valence-electron chi connectivity index (χ2n) is 13.7. The lowest BCUT2D eigenvalue weighted by Crippen LogP contribution is -2.25. The minimum absolute atomic E-state index is 0.546. The Kier molecular flexibility index (Phi) is 6.17. The van der Waals surface area contributed by atoms with Gasteiger partial charge in [-0.1, -0.05) is 164 Å². The van der Waals surface area contributed by atoms with Crippen LogP contribution in [0.15, 0.2) is 186 Å². The first-order valence-corrected chi connectivity index (χ1v) is 17.7. The summed E-state index contributed by atoms with van der Waals surface area (Å²) < 4.78 is 6.93. The molecule has 9 aromatic rings. The number of para-hydroxylation sites is 1. The normalized spacial score (nSPS) is 15.0. The number of hydrogen-bond donors (Lipinski definition) is 0. The van der Waals surface area contributed by atoms with Gasteiger partial charge in [0.05, 0.1) is 11.4 Å². The highest BCUT2D eigenvalue weighted by Crippen LogP contribution is 2.64. The Morgan fingerprint density at radius 2 is 0.923 bits per heavy atom. The molecule has 2 heterocycles. The van der Waals surface area contributed by atoms with Crippen molar-refractivity contribution in [3.05, 3.63) is 204 Å². The molecule has 0 saturated carbocycles. The first-order chi connectivity index (χ1) is 25.8. The highest BCUT2D eigenvalue weighted by molar-refractivity contribution is 6.04. The largest absolute Gasteiger partial charge is 0.459 e. The molecule has 2 aliphatic carbocycles. The molecule has 0 amide bonds. The first-order valence-electron chi connectivity index (χ1n) is 17.7. The fourth-order valence-corrected chi connectivity index (χ4v) is 8.62. The third kappa shape index (κ3) is 4.08. The number of hydrogen-bond acceptors (Lipinski definition) is 3. The van der Waals surface area contributed by atoms with E-state index >= 15 is 0 Å². The van der Waals surface area contributed by atoms with Crippen LogP contribution in [-0.4, -0.2) is 9.97 Å². The Hall–Kier alpha value is -6.84. The fourth-order valence-electron chi connectivity index (χ4n) is 8.62. The van der Waals surface area contributed by atoms with Crippen LogP contribution in [0.5, 0.6) is 0 Å². The van der Waals surface area contributed by atoms with Crippen molar-refractivity contribution in [3.8, 4) is 67.3 Å². The van der Waals surface area contributed by atoms with Gasteiger partial charge in [-0.15, -0.1) is 0 Å². The second-order valence-corrected chi connectivity index (χ2v) is 13.7. The molecule has 1 unspecified atom stereocenters. The Balaban J connectivity index is 1.06. The summed E-state index contributed by atoms with van der Waals surface area (Å²) in [5.74, 6) is 1.73. The van der Waals surface area contributed by atoms with Crippen LogP contribution in [0.4, 0.5) is 0 Å². The molecule has 0 aliphatic heterocycles. The SMILES string of the molecule is c1ccc(-c2cc(-c3ccc(-c4ccc5c(c4)C4(c6ccccc6-5)c5ccccc5-c5c4oc4ccccc54)cc3)nc(-c3ccccc3)n2)cc1. The van der Waals surface area contributed by atoms with Gasteiger partial charge in [-0.05, 0) is 62.7 Å². The number of rotatable bonds is 4. The van der Waals surface area contributed by atoms with Crippen molar-refractivity contribution in [3.63, 3.8) is 0 Å². The Morgan fingerprint density at radius 3 is 1.67 bits per heavy atom. The molecule has 7 aromatic carbocycles. The highest BCUT2D eigenvalue weighted by Gasteiger charge is 2.55. The van der Waals surface area contributed by atoms with E-state index in [9.17, 15) is 0 Å². The van der Waals surface area contributed by atoms with E-state index < -0.39 is 5.41 Å². The average molecular weight is 663 g/mol. The third-order valence-corrected chi connectivity index (χ3v) is 10.9. The van der Waals surface area contributed by atoms with Crippen LogP contribution in [-0.2, 0) is 5.41 Å². The van der Waals surface area contributed by atoms with Crippen molar-refractivity contribution < 1.29 is 4.42 Å². The predicted molar refractivity (Wildman–Crippen MR) is 210 cm³/mol. The van der Waals surface area contributed by atoms with Crippen LogP contribution in [0.1, 0.15) is 22.5 Å². The maximum atomic E-state index is 6.93. The van der Waals surface area contributed by atoms with E-state index in [1.807, 2.05) is 36.4 Å². The van der Waals surface area contributed by atoms with Gasteiger partial charge in [-0.3, -0.25) is 0 Å². The van der Waals surface area contributed by atoms with Gasteiger partial charge in [0.15, 0.2) is 5.82 Å². The summed E-state index contributed by atoms with van der Waals surface area (Å²) in [5.41, 5.74) is 16.4. The van der Waals surface area contributed by atoms with Gasteiger partial charge in [-0.25, -0.2) is 9.97 Å². The molecule has 2 aromatic heterocycles. The van der Waals surface area contributed by atoms with Crippen molar-refractivity contribution in [2.24, 2.45) is 0 Å². The molecular formula is C49H30N2O. The summed E-state index contributed by atoms with van der Waals surface area (Å²) >= 11 is 0. The minimum atomic E-state index is -0.546. The lowest BCUT2D eigenvalue weighted by Gasteiger charge is -2.28. The zero-order valence-electron chi connectivity index (χ0n) is 28.1. The molecule has 0 radical (unpaired) electrons. The average Bonchev–Trinajstić information content (AvgIpc) is 3.85. The molecule has 0 fully saturated rings. The van der Waals surface area contributed by atoms with Gasteiger partial charge < -0.3 is 4.42 Å². The lowest BCUT2D eigenvalue weighted by molar-refractivity contribution is 0.507. The maximum Gasteiger partial charge on any atom is 0.160 e. The molecule has 2 aliphatic rings. The van der Waals surface area contributed by atoms with Gasteiger partial charge in [-0.2, -0.15) is 0 Å². The highest BCUT2D eigenvalue weighted by atomic mass is 16.3. The van der Waals surface area contributed by atoms with Gasteiger partial charge in [0.25, 0.3) is 0 Å². The van der Waals surface area contributed by atoms with Gasteiger partial charge in [0, 0.05) is 27.6 Å². The van der Waals surface area contributed by atoms with E-state index in [0.717, 1.165) is 55.9 Å². The molecule has 52 heavy (non-hydrogen) atoms. The van der Waals surface area contributed by atoms with Crippen molar-refractivity contribution >= 4 is 11.0 Å². The third-order valence-electron chi connectivity index (χ3n) is 10.9. The van der Waals surface area contributed by atoms with Gasteiger partial charge in [0.2, 0.25) is 0 Å². The summed E-state index contributed by atoms with van der Waals surface area (Å²) in [4.78, 5) is 10.0. The topological polar surface area (TPSA) is 38.9 Å². The number of nitrogens with zero attached hydrogens (tertiary/aromatic N) is 2. The Labute approximate surface area is 301 Å². The van der Waals surface area contributed by atoms with E-state index in [4.69, 9.17) is 14.4 Å². The number of benzene rings is 7. The molecule has 1 atom stereocenters. The number of aromatic nitrogens is 2. The quantitative estimate of drug-likeness (QED) is 0.188. The smallest absolute Gasteiger partial charge is 0.160 e. The van der Waals surface area contributed by atoms with Gasteiger partial charge in [0.1, 0.15) is 16.8 Å². The molecule has 0 bridgehead atoms. The van der Waals surface area contributed by atoms with E-state index in [0.29, 0.717) is 5.82 Å². The van der Waals surface area contributed by atoms with Crippen LogP contribution < -0.4 is 0 Å². The van der Waals surface area contributed by atoms with Gasteiger partial charge >= 0.3 is 0 Å². The van der Waals surface area contributed by atoms with Crippen LogP contribution in [0.2, 0.25) is 0 Å². The predicted octanol–water partition coefficient (Wildman–Crippen LogP) is 12.2. The molecule has 11 rings (SSSR count). The standard InChI is InChI=1S/C49H30N2O/c1-3-13-32(14-4-1)43-30-44(51-48(50-43)34-15-5-2-6-16-34)33-25-23-31(24-26-33)35-27-28-37-36-17-7-10-20-40(36)49(42(37)29-35)41-21-11-8-18-38(41)46-39-19-9-12-22-45(39)52-47(46)49/h1-30H. The Bertz CT molecular complexity index is 2780. The monoisotopic (exact) mass is 662 g/mol. The van der Waals surface area contributed by atoms with E-state index in [-0.39, 0.29) is 0 Å². The van der Waals surface area contributed by atoms with Crippen LogP contribution in [0, 0.1) is 0 Å². The van der Waals surface area contributed by atoms with E-state index in [1.165, 1.54) is 38.9 Å². The van der Waals surface area contributed by atoms with Crippen molar-refractivity contribution in [2.45, 2.75) is 5.41 Å². The zero-order valence-corrected chi connectivity index (χ0v) is 28.1. The number of fused-ring (bicyclic) bond motifs is 12. The zero-order chi connectivity index (χ0) is 34.2. The summed E-state index contributed by atoms with van der Waals surface area (Å²) in [6.07, 6.45) is 0. The van der Waals surface area contributed by atoms with Crippen molar-refractivity contribution in [1.82, 2.24) is 9.97 Å². The lowest BCUT2D eigenvalue weighted by atomic mass is 9.73. The van der Waals surface area contributed by atoms with Crippen molar-refractivity contribution in [1.29, 1.82) is 0 Å². The maximum absolute atomic E-state index is 6.93. The molecular weight excluding hydrogens is 633 g/mol. The molecule has 1 spiro atoms. The molecule has 3 nitrogen and oxygen atoms in total. The van der Waals surface area contributed by atoms with Crippen LogP contribution in [0.25, 0.3) is 78.3 Å². The summed E-state index contributed by atoms with van der Waals surface area (Å²) in [5, 5.41) is 1.16.